The topological polar surface area (TPSA) is 175 Å². The molecule has 0 saturated heterocycles. The summed E-state index contributed by atoms with van der Waals surface area (Å²) in [6.45, 7) is 7.97. The van der Waals surface area contributed by atoms with E-state index in [2.05, 4.69) is 42.6 Å². The quantitative estimate of drug-likeness (QED) is 0.167. The zero-order valence-corrected chi connectivity index (χ0v) is 28.2. The van der Waals surface area contributed by atoms with E-state index >= 15 is 0 Å². The summed E-state index contributed by atoms with van der Waals surface area (Å²) >= 11 is 0. The third kappa shape index (κ3) is 9.73. The first-order valence-electron chi connectivity index (χ1n) is 16.5. The largest absolute Gasteiger partial charge is 0.444 e. The molecule has 0 bridgehead atoms. The Labute approximate surface area is 286 Å². The summed E-state index contributed by atoms with van der Waals surface area (Å²) in [6.07, 6.45) is 2.73. The predicted octanol–water partition coefficient (Wildman–Crippen LogP) is 5.71. The lowest BCUT2D eigenvalue weighted by Crippen LogP contribution is -2.48. The van der Waals surface area contributed by atoms with Crippen molar-refractivity contribution in [3.05, 3.63) is 83.4 Å². The van der Waals surface area contributed by atoms with Crippen LogP contribution >= 0.6 is 0 Å². The lowest BCUT2D eigenvalue weighted by atomic mass is 9.81. The van der Waals surface area contributed by atoms with Crippen LogP contribution in [0, 0.1) is 30.1 Å². The Morgan fingerprint density at radius 1 is 0.980 bits per heavy atom. The Hall–Kier alpha value is -5.57. The van der Waals surface area contributed by atoms with Gasteiger partial charge in [-0.05, 0) is 123 Å². The number of ether oxygens (including phenoxy) is 1. The SMILES string of the molecule is Cc1ccc(C#N)cc1-c1ccc(C[C@H](NC(=O)[C@H]2CC[C@H](CNC(=O)OC(C)(C)C)CC2)C(=O)Nc2ccc(-c3nn[nH]n3)cc2)cc1. The van der Waals surface area contributed by atoms with Crippen molar-refractivity contribution in [3.63, 3.8) is 0 Å². The van der Waals surface area contributed by atoms with Crippen molar-refractivity contribution in [3.8, 4) is 28.6 Å². The van der Waals surface area contributed by atoms with Gasteiger partial charge in [-0.15, -0.1) is 10.2 Å². The Bertz CT molecular complexity index is 1780. The van der Waals surface area contributed by atoms with Gasteiger partial charge in [0.05, 0.1) is 11.6 Å². The highest BCUT2D eigenvalue weighted by atomic mass is 16.6. The van der Waals surface area contributed by atoms with Crippen LogP contribution in [0.4, 0.5) is 10.5 Å². The molecule has 1 aromatic heterocycles. The molecular formula is C37H42N8O4. The fraction of sp³-hybridized carbons (Fsp3) is 0.378. The van der Waals surface area contributed by atoms with E-state index in [0.29, 0.717) is 36.5 Å². The Morgan fingerprint density at radius 2 is 1.67 bits per heavy atom. The van der Waals surface area contributed by atoms with Crippen LogP contribution in [0.2, 0.25) is 0 Å². The zero-order valence-electron chi connectivity index (χ0n) is 28.2. The van der Waals surface area contributed by atoms with E-state index in [4.69, 9.17) is 4.74 Å². The number of aryl methyl sites for hydroxylation is 1. The second-order valence-corrected chi connectivity index (χ2v) is 13.5. The molecule has 1 saturated carbocycles. The van der Waals surface area contributed by atoms with Gasteiger partial charge in [-0.3, -0.25) is 9.59 Å². The smallest absolute Gasteiger partial charge is 0.407 e. The maximum Gasteiger partial charge on any atom is 0.407 e. The minimum absolute atomic E-state index is 0.160. The summed E-state index contributed by atoms with van der Waals surface area (Å²) in [7, 11) is 0. The second-order valence-electron chi connectivity index (χ2n) is 13.5. The summed E-state index contributed by atoms with van der Waals surface area (Å²) in [4.78, 5) is 39.4. The monoisotopic (exact) mass is 662 g/mol. The average Bonchev–Trinajstić information content (AvgIpc) is 3.63. The number of nitrogens with one attached hydrogen (secondary N) is 4. The molecule has 0 radical (unpaired) electrons. The van der Waals surface area contributed by atoms with Crippen molar-refractivity contribution in [1.29, 1.82) is 5.26 Å². The molecule has 4 aromatic rings. The first-order valence-corrected chi connectivity index (χ1v) is 16.5. The van der Waals surface area contributed by atoms with Crippen LogP contribution in [0.1, 0.15) is 63.1 Å². The number of tetrazole rings is 1. The Kier molecular flexibility index (Phi) is 11.0. The highest BCUT2D eigenvalue weighted by Crippen LogP contribution is 2.29. The van der Waals surface area contributed by atoms with Gasteiger partial charge in [0.2, 0.25) is 17.6 Å². The molecule has 4 N–H and O–H groups in total. The minimum atomic E-state index is -0.828. The van der Waals surface area contributed by atoms with Crippen LogP contribution in [0.3, 0.4) is 0 Å². The average molecular weight is 663 g/mol. The maximum atomic E-state index is 13.7. The van der Waals surface area contributed by atoms with Crippen LogP contribution in [0.15, 0.2) is 66.7 Å². The molecule has 1 heterocycles. The number of amides is 3. The molecule has 1 aliphatic carbocycles. The first kappa shape index (κ1) is 34.8. The van der Waals surface area contributed by atoms with Crippen LogP contribution < -0.4 is 16.0 Å². The van der Waals surface area contributed by atoms with Crippen molar-refractivity contribution < 1.29 is 19.1 Å². The van der Waals surface area contributed by atoms with Crippen molar-refractivity contribution >= 4 is 23.6 Å². The second kappa shape index (κ2) is 15.6. The summed E-state index contributed by atoms with van der Waals surface area (Å²) in [5.74, 6) is -0.0391. The van der Waals surface area contributed by atoms with Crippen LogP contribution in [0.25, 0.3) is 22.5 Å². The van der Waals surface area contributed by atoms with E-state index in [0.717, 1.165) is 40.7 Å². The van der Waals surface area contributed by atoms with E-state index in [1.54, 1.807) is 30.3 Å². The van der Waals surface area contributed by atoms with Gasteiger partial charge in [-0.2, -0.15) is 10.5 Å². The summed E-state index contributed by atoms with van der Waals surface area (Å²) in [6, 6.07) is 21.9. The first-order chi connectivity index (χ1) is 23.5. The van der Waals surface area contributed by atoms with E-state index in [1.165, 1.54) is 0 Å². The van der Waals surface area contributed by atoms with Gasteiger partial charge in [0.15, 0.2) is 0 Å². The molecule has 12 heteroatoms. The van der Waals surface area contributed by atoms with E-state index in [9.17, 15) is 19.6 Å². The van der Waals surface area contributed by atoms with Crippen LogP contribution in [-0.4, -0.2) is 56.7 Å². The number of H-pyrrole nitrogens is 1. The highest BCUT2D eigenvalue weighted by Gasteiger charge is 2.30. The van der Waals surface area contributed by atoms with Crippen molar-refractivity contribution in [2.75, 3.05) is 11.9 Å². The van der Waals surface area contributed by atoms with Crippen molar-refractivity contribution in [2.45, 2.75) is 71.4 Å². The molecule has 254 valence electrons. The van der Waals surface area contributed by atoms with Crippen LogP contribution in [0.5, 0.6) is 0 Å². The molecule has 3 amide bonds. The maximum absolute atomic E-state index is 13.7. The molecule has 3 aromatic carbocycles. The van der Waals surface area contributed by atoms with Crippen molar-refractivity contribution in [1.82, 2.24) is 31.3 Å². The molecule has 1 atom stereocenters. The van der Waals surface area contributed by atoms with E-state index < -0.39 is 17.7 Å². The number of hydrogen-bond donors (Lipinski definition) is 4. The fourth-order valence-corrected chi connectivity index (χ4v) is 5.94. The molecule has 1 fully saturated rings. The summed E-state index contributed by atoms with van der Waals surface area (Å²) in [5.41, 5.74) is 5.19. The molecule has 1 aliphatic rings. The number of carbonyl (C=O) groups is 3. The molecular weight excluding hydrogens is 620 g/mol. The number of alkyl carbamates (subject to hydrolysis) is 1. The number of hydrogen-bond acceptors (Lipinski definition) is 8. The Balaban J connectivity index is 1.25. The number of nitriles is 1. The van der Waals surface area contributed by atoms with Gasteiger partial charge in [-0.1, -0.05) is 30.3 Å². The normalized spacial score (nSPS) is 16.6. The predicted molar refractivity (Wildman–Crippen MR) is 185 cm³/mol. The van der Waals surface area contributed by atoms with Crippen molar-refractivity contribution in [2.24, 2.45) is 11.8 Å². The number of carbonyl (C=O) groups excluding carboxylic acids is 3. The zero-order chi connectivity index (χ0) is 35.0. The lowest BCUT2D eigenvalue weighted by Gasteiger charge is -2.29. The summed E-state index contributed by atoms with van der Waals surface area (Å²) < 4.78 is 5.34. The third-order valence-corrected chi connectivity index (χ3v) is 8.61. The number of anilines is 1. The van der Waals surface area contributed by atoms with Gasteiger partial charge in [-0.25, -0.2) is 4.79 Å². The molecule has 0 spiro atoms. The number of benzene rings is 3. The molecule has 5 rings (SSSR count). The Morgan fingerprint density at radius 3 is 2.31 bits per heavy atom. The number of aromatic nitrogens is 4. The van der Waals surface area contributed by atoms with Gasteiger partial charge in [0.1, 0.15) is 11.6 Å². The van der Waals surface area contributed by atoms with E-state index in [1.807, 2.05) is 64.1 Å². The standard InChI is InChI=1S/C37H42N8O4/c1-23-5-6-26(21-38)19-31(23)27-11-7-24(8-12-27)20-32(35(47)40-30-17-15-28(16-18-30)33-42-44-45-43-33)41-34(46)29-13-9-25(10-14-29)22-39-36(48)49-37(2,3)4/h5-8,11-12,15-19,25,29,32H,9-10,13-14,20,22H2,1-4H3,(H,39,48)(H,40,47)(H,41,46)(H,42,43,44,45)/t25-,29-,32-/m0/s1. The molecule has 0 aliphatic heterocycles. The minimum Gasteiger partial charge on any atom is -0.444 e. The number of nitrogens with zero attached hydrogens (tertiary/aromatic N) is 4. The van der Waals surface area contributed by atoms with Gasteiger partial charge in [0.25, 0.3) is 0 Å². The number of rotatable bonds is 10. The highest BCUT2D eigenvalue weighted by molar-refractivity contribution is 5.97. The van der Waals surface area contributed by atoms with Gasteiger partial charge in [0, 0.05) is 30.1 Å². The fourth-order valence-electron chi connectivity index (χ4n) is 5.94. The molecule has 12 nitrogen and oxygen atoms in total. The van der Waals surface area contributed by atoms with Gasteiger partial charge >= 0.3 is 6.09 Å². The van der Waals surface area contributed by atoms with E-state index in [-0.39, 0.29) is 30.1 Å². The number of aromatic amines is 1. The molecule has 49 heavy (non-hydrogen) atoms. The third-order valence-electron chi connectivity index (χ3n) is 8.61. The summed E-state index contributed by atoms with van der Waals surface area (Å²) in [5, 5.41) is 32.2. The molecule has 0 unspecified atom stereocenters. The van der Waals surface area contributed by atoms with Crippen LogP contribution in [-0.2, 0) is 20.7 Å². The van der Waals surface area contributed by atoms with Gasteiger partial charge < -0.3 is 20.7 Å². The lowest BCUT2D eigenvalue weighted by molar-refractivity contribution is -0.130.